The maximum absolute atomic E-state index is 12.2. The molecule has 0 radical (unpaired) electrons. The zero-order chi connectivity index (χ0) is 15.0. The van der Waals surface area contributed by atoms with Crippen molar-refractivity contribution in [1.29, 1.82) is 0 Å². The Labute approximate surface area is 139 Å². The van der Waals surface area contributed by atoms with Gasteiger partial charge < -0.3 is 15.5 Å². The van der Waals surface area contributed by atoms with Gasteiger partial charge in [0.2, 0.25) is 5.91 Å². The van der Waals surface area contributed by atoms with Gasteiger partial charge in [0.15, 0.2) is 5.13 Å². The summed E-state index contributed by atoms with van der Waals surface area (Å²) in [5.41, 5.74) is 7.67. The molecule has 0 aromatic carbocycles. The molecule has 1 aliphatic carbocycles. The molecule has 2 aromatic rings. The van der Waals surface area contributed by atoms with Crippen LogP contribution < -0.4 is 11.1 Å². The molecule has 1 fully saturated rings. The van der Waals surface area contributed by atoms with Gasteiger partial charge in [-0.15, -0.1) is 23.7 Å². The molecule has 2 heterocycles. The second-order valence-electron chi connectivity index (χ2n) is 5.62. The molecule has 1 aliphatic rings. The second-order valence-corrected chi connectivity index (χ2v) is 6.48. The Morgan fingerprint density at radius 3 is 2.82 bits per heavy atom. The minimum absolute atomic E-state index is 0. The normalized spacial score (nSPS) is 20.7. The molecular formula is C15H20ClN3O2S. The zero-order valence-electron chi connectivity index (χ0n) is 12.6. The maximum Gasteiger partial charge on any atom is 0.229 e. The van der Waals surface area contributed by atoms with E-state index in [1.807, 2.05) is 25.3 Å². The first-order valence-electron chi connectivity index (χ1n) is 7.12. The lowest BCUT2D eigenvalue weighted by Gasteiger charge is -2.08. The summed E-state index contributed by atoms with van der Waals surface area (Å²) >= 11 is 1.43. The van der Waals surface area contributed by atoms with Gasteiger partial charge in [0.1, 0.15) is 11.5 Å². The van der Waals surface area contributed by atoms with Gasteiger partial charge in [-0.1, -0.05) is 0 Å². The van der Waals surface area contributed by atoms with E-state index in [4.69, 9.17) is 10.2 Å². The summed E-state index contributed by atoms with van der Waals surface area (Å²) < 4.78 is 5.52. The summed E-state index contributed by atoms with van der Waals surface area (Å²) in [7, 11) is 0. The number of nitrogens with zero attached hydrogens (tertiary/aromatic N) is 1. The number of furan rings is 1. The summed E-state index contributed by atoms with van der Waals surface area (Å²) in [6.45, 7) is 3.83. The fraction of sp³-hybridized carbons (Fsp3) is 0.467. The van der Waals surface area contributed by atoms with Crippen LogP contribution in [0, 0.1) is 19.8 Å². The number of hydrogen-bond donors (Lipinski definition) is 2. The molecule has 0 saturated heterocycles. The van der Waals surface area contributed by atoms with Gasteiger partial charge in [-0.05, 0) is 39.2 Å². The first-order valence-corrected chi connectivity index (χ1v) is 8.00. The van der Waals surface area contributed by atoms with Gasteiger partial charge in [0.05, 0.1) is 5.69 Å². The fourth-order valence-corrected chi connectivity index (χ4v) is 3.52. The number of halogens is 1. The zero-order valence-corrected chi connectivity index (χ0v) is 14.2. The molecule has 3 N–H and O–H groups in total. The lowest BCUT2D eigenvalue weighted by molar-refractivity contribution is -0.119. The monoisotopic (exact) mass is 341 g/mol. The van der Waals surface area contributed by atoms with E-state index < -0.39 is 0 Å². The number of amides is 1. The largest absolute Gasteiger partial charge is 0.466 e. The third-order valence-electron chi connectivity index (χ3n) is 3.90. The van der Waals surface area contributed by atoms with Crippen molar-refractivity contribution < 1.29 is 9.21 Å². The number of anilines is 1. The number of aryl methyl sites for hydroxylation is 2. The summed E-state index contributed by atoms with van der Waals surface area (Å²) in [6.07, 6.45) is 2.56. The predicted molar refractivity (Wildman–Crippen MR) is 90.5 cm³/mol. The average Bonchev–Trinajstić information content (AvgIpc) is 3.10. The van der Waals surface area contributed by atoms with Gasteiger partial charge in [-0.25, -0.2) is 4.98 Å². The van der Waals surface area contributed by atoms with Crippen molar-refractivity contribution >= 4 is 34.8 Å². The predicted octanol–water partition coefficient (Wildman–Crippen LogP) is 3.51. The van der Waals surface area contributed by atoms with Crippen molar-refractivity contribution in [2.45, 2.75) is 39.2 Å². The van der Waals surface area contributed by atoms with E-state index in [0.29, 0.717) is 5.13 Å². The molecule has 120 valence electrons. The van der Waals surface area contributed by atoms with Crippen molar-refractivity contribution in [3.8, 4) is 11.3 Å². The Bertz CT molecular complexity index is 668. The molecular weight excluding hydrogens is 322 g/mol. The van der Waals surface area contributed by atoms with Crippen LogP contribution >= 0.6 is 23.7 Å². The quantitative estimate of drug-likeness (QED) is 0.895. The van der Waals surface area contributed by atoms with Crippen LogP contribution in [0.25, 0.3) is 11.3 Å². The van der Waals surface area contributed by atoms with Crippen LogP contribution in [0.3, 0.4) is 0 Å². The fourth-order valence-electron chi connectivity index (χ4n) is 2.80. The highest BCUT2D eigenvalue weighted by atomic mass is 35.5. The Hall–Kier alpha value is -1.37. The smallest absolute Gasteiger partial charge is 0.229 e. The molecule has 5 nitrogen and oxygen atoms in total. The van der Waals surface area contributed by atoms with E-state index in [1.54, 1.807) is 0 Å². The Morgan fingerprint density at radius 1 is 1.45 bits per heavy atom. The van der Waals surface area contributed by atoms with Gasteiger partial charge >= 0.3 is 0 Å². The molecule has 22 heavy (non-hydrogen) atoms. The number of hydrogen-bond acceptors (Lipinski definition) is 5. The Balaban J connectivity index is 0.00000176. The van der Waals surface area contributed by atoms with E-state index in [-0.39, 0.29) is 30.3 Å². The van der Waals surface area contributed by atoms with Crippen molar-refractivity contribution in [1.82, 2.24) is 4.98 Å². The highest BCUT2D eigenvalue weighted by Gasteiger charge is 2.28. The molecule has 2 atom stereocenters. The first-order chi connectivity index (χ1) is 10.0. The van der Waals surface area contributed by atoms with Crippen LogP contribution in [0.15, 0.2) is 15.9 Å². The molecule has 1 amide bonds. The van der Waals surface area contributed by atoms with E-state index in [1.165, 1.54) is 11.3 Å². The first kappa shape index (κ1) is 17.0. The van der Waals surface area contributed by atoms with Crippen LogP contribution in [-0.4, -0.2) is 16.9 Å². The van der Waals surface area contributed by atoms with Crippen LogP contribution in [-0.2, 0) is 4.79 Å². The SMILES string of the molecule is Cc1cc(-c2csc(NC(=O)C3CCC(N)C3)n2)c(C)o1.Cl. The summed E-state index contributed by atoms with van der Waals surface area (Å²) in [5, 5.41) is 5.47. The van der Waals surface area contributed by atoms with Gasteiger partial charge in [-0.2, -0.15) is 0 Å². The van der Waals surface area contributed by atoms with Crippen molar-refractivity contribution in [2.24, 2.45) is 11.7 Å². The standard InChI is InChI=1S/C15H19N3O2S.ClH/c1-8-5-12(9(2)20-8)13-7-21-15(17-13)18-14(19)10-3-4-11(16)6-10;/h5,7,10-11H,3-4,6,16H2,1-2H3,(H,17,18,19);1H. The second kappa shape index (κ2) is 6.81. The lowest BCUT2D eigenvalue weighted by atomic mass is 10.1. The molecule has 2 unspecified atom stereocenters. The van der Waals surface area contributed by atoms with Crippen LogP contribution in [0.1, 0.15) is 30.8 Å². The summed E-state index contributed by atoms with van der Waals surface area (Å²) in [5.74, 6) is 1.76. The number of nitrogens with two attached hydrogens (primary N) is 1. The molecule has 0 spiro atoms. The number of carbonyl (C=O) groups excluding carboxylic acids is 1. The molecule has 1 saturated carbocycles. The maximum atomic E-state index is 12.2. The van der Waals surface area contributed by atoms with Crippen molar-refractivity contribution in [2.75, 3.05) is 5.32 Å². The number of rotatable bonds is 3. The highest BCUT2D eigenvalue weighted by molar-refractivity contribution is 7.14. The summed E-state index contributed by atoms with van der Waals surface area (Å²) in [4.78, 5) is 16.6. The van der Waals surface area contributed by atoms with E-state index >= 15 is 0 Å². The lowest BCUT2D eigenvalue weighted by Crippen LogP contribution is -2.23. The van der Waals surface area contributed by atoms with Gasteiger partial charge in [-0.3, -0.25) is 4.79 Å². The topological polar surface area (TPSA) is 81.2 Å². The van der Waals surface area contributed by atoms with E-state index in [0.717, 1.165) is 42.0 Å². The van der Waals surface area contributed by atoms with Crippen molar-refractivity contribution in [3.63, 3.8) is 0 Å². The van der Waals surface area contributed by atoms with Crippen LogP contribution in [0.2, 0.25) is 0 Å². The number of aromatic nitrogens is 1. The van der Waals surface area contributed by atoms with E-state index in [2.05, 4.69) is 10.3 Å². The molecule has 2 aromatic heterocycles. The minimum Gasteiger partial charge on any atom is -0.466 e. The van der Waals surface area contributed by atoms with Crippen LogP contribution in [0.4, 0.5) is 5.13 Å². The Morgan fingerprint density at radius 2 is 2.23 bits per heavy atom. The molecule has 0 bridgehead atoms. The molecule has 0 aliphatic heterocycles. The summed E-state index contributed by atoms with van der Waals surface area (Å²) in [6, 6.07) is 2.12. The van der Waals surface area contributed by atoms with Gasteiger partial charge in [0, 0.05) is 22.9 Å². The third-order valence-corrected chi connectivity index (χ3v) is 4.65. The molecule has 7 heteroatoms. The number of carbonyl (C=O) groups is 1. The van der Waals surface area contributed by atoms with Gasteiger partial charge in [0.25, 0.3) is 0 Å². The van der Waals surface area contributed by atoms with E-state index in [9.17, 15) is 4.79 Å². The number of nitrogens with one attached hydrogen (secondary N) is 1. The average molecular weight is 342 g/mol. The Kier molecular flexibility index (Phi) is 5.26. The number of thiazole rings is 1. The van der Waals surface area contributed by atoms with Crippen LogP contribution in [0.5, 0.6) is 0 Å². The third kappa shape index (κ3) is 3.51. The highest BCUT2D eigenvalue weighted by Crippen LogP contribution is 2.31. The molecule has 3 rings (SSSR count). The minimum atomic E-state index is 0. The van der Waals surface area contributed by atoms with Crippen molar-refractivity contribution in [3.05, 3.63) is 23.0 Å².